The van der Waals surface area contributed by atoms with Crippen LogP contribution in [0.4, 0.5) is 0 Å². The van der Waals surface area contributed by atoms with Gasteiger partial charge in [0.15, 0.2) is 0 Å². The zero-order chi connectivity index (χ0) is 21.8. The van der Waals surface area contributed by atoms with Crippen LogP contribution in [-0.2, 0) is 10.0 Å². The lowest BCUT2D eigenvalue weighted by Gasteiger charge is -2.32. The van der Waals surface area contributed by atoms with Gasteiger partial charge < -0.3 is 9.73 Å². The first-order valence-corrected chi connectivity index (χ1v) is 12.6. The minimum atomic E-state index is -3.62. The molecule has 0 spiro atoms. The van der Waals surface area contributed by atoms with E-state index in [0.717, 1.165) is 51.0 Å². The van der Waals surface area contributed by atoms with Gasteiger partial charge in [-0.3, -0.25) is 9.69 Å². The summed E-state index contributed by atoms with van der Waals surface area (Å²) in [6.45, 7) is 4.83. The molecule has 1 N–H and O–H groups in total. The van der Waals surface area contributed by atoms with Crippen LogP contribution in [0.15, 0.2) is 52.0 Å². The summed E-state index contributed by atoms with van der Waals surface area (Å²) in [4.78, 5) is 15.4. The van der Waals surface area contributed by atoms with E-state index in [2.05, 4.69) is 10.2 Å². The van der Waals surface area contributed by atoms with Crippen molar-refractivity contribution in [2.75, 3.05) is 26.2 Å². The second-order valence-electron chi connectivity index (χ2n) is 8.47. The number of piperidine rings is 1. The number of rotatable bonds is 7. The van der Waals surface area contributed by atoms with E-state index in [4.69, 9.17) is 4.42 Å². The minimum Gasteiger partial charge on any atom is -0.468 e. The van der Waals surface area contributed by atoms with Crippen LogP contribution < -0.4 is 5.32 Å². The third kappa shape index (κ3) is 4.86. The van der Waals surface area contributed by atoms with Gasteiger partial charge in [-0.25, -0.2) is 8.42 Å². The van der Waals surface area contributed by atoms with Gasteiger partial charge in [0.05, 0.1) is 17.2 Å². The van der Waals surface area contributed by atoms with E-state index >= 15 is 0 Å². The Balaban J connectivity index is 1.47. The molecule has 0 radical (unpaired) electrons. The van der Waals surface area contributed by atoms with Crippen LogP contribution in [0.2, 0.25) is 0 Å². The van der Waals surface area contributed by atoms with E-state index < -0.39 is 10.0 Å². The molecule has 1 aromatic heterocycles. The van der Waals surface area contributed by atoms with Crippen molar-refractivity contribution < 1.29 is 17.6 Å². The molecule has 168 valence electrons. The summed E-state index contributed by atoms with van der Waals surface area (Å²) < 4.78 is 33.5. The van der Waals surface area contributed by atoms with Gasteiger partial charge in [-0.05, 0) is 76.0 Å². The quantitative estimate of drug-likeness (QED) is 0.706. The number of nitrogens with one attached hydrogen (secondary N) is 1. The topological polar surface area (TPSA) is 82.9 Å². The summed E-state index contributed by atoms with van der Waals surface area (Å²) in [5, 5.41) is 2.98. The molecule has 2 aromatic rings. The van der Waals surface area contributed by atoms with Crippen molar-refractivity contribution in [3.05, 3.63) is 54.0 Å². The Bertz CT molecular complexity index is 984. The molecule has 7 nitrogen and oxygen atoms in total. The van der Waals surface area contributed by atoms with Crippen LogP contribution in [0.5, 0.6) is 0 Å². The van der Waals surface area contributed by atoms with Crippen molar-refractivity contribution in [3.8, 4) is 0 Å². The molecular formula is C23H31N3O4S. The SMILES string of the molecule is C[C@H]1CCCCN1S(=O)(=O)c1cccc(C(=O)NC[C@@H](c2ccco2)N2CCCC2)c1. The Labute approximate surface area is 184 Å². The van der Waals surface area contributed by atoms with E-state index in [1.165, 1.54) is 6.07 Å². The molecule has 0 bridgehead atoms. The standard InChI is InChI=1S/C23H31N3O4S/c1-18-8-2-3-14-26(18)31(28,29)20-10-6-9-19(16-20)23(27)24-17-21(22-11-7-15-30-22)25-12-4-5-13-25/h6-7,9-11,15-16,18,21H,2-5,8,12-14,17H2,1H3,(H,24,27)/t18-,21-/m0/s1. The Hall–Kier alpha value is -2.16. The predicted octanol–water partition coefficient (Wildman–Crippen LogP) is 3.41. The van der Waals surface area contributed by atoms with E-state index in [1.807, 2.05) is 19.1 Å². The Morgan fingerprint density at radius 3 is 2.61 bits per heavy atom. The van der Waals surface area contributed by atoms with Crippen LogP contribution in [0.1, 0.15) is 61.2 Å². The van der Waals surface area contributed by atoms with Gasteiger partial charge in [0.1, 0.15) is 5.76 Å². The lowest BCUT2D eigenvalue weighted by molar-refractivity contribution is 0.0933. The first-order valence-electron chi connectivity index (χ1n) is 11.1. The molecule has 1 aromatic carbocycles. The Morgan fingerprint density at radius 1 is 1.13 bits per heavy atom. The number of hydrogen-bond donors (Lipinski definition) is 1. The molecule has 3 heterocycles. The van der Waals surface area contributed by atoms with Crippen molar-refractivity contribution in [1.29, 1.82) is 0 Å². The maximum atomic E-state index is 13.1. The predicted molar refractivity (Wildman–Crippen MR) is 118 cm³/mol. The molecule has 2 saturated heterocycles. The second kappa shape index (κ2) is 9.54. The summed E-state index contributed by atoms with van der Waals surface area (Å²) >= 11 is 0. The van der Waals surface area contributed by atoms with E-state index in [1.54, 1.807) is 28.8 Å². The number of carbonyl (C=O) groups excluding carboxylic acids is 1. The molecule has 0 saturated carbocycles. The van der Waals surface area contributed by atoms with Crippen molar-refractivity contribution in [2.45, 2.75) is 56.0 Å². The fraction of sp³-hybridized carbons (Fsp3) is 0.522. The molecule has 2 atom stereocenters. The molecule has 2 aliphatic heterocycles. The molecule has 0 unspecified atom stereocenters. The van der Waals surface area contributed by atoms with E-state index in [0.29, 0.717) is 18.7 Å². The highest BCUT2D eigenvalue weighted by Crippen LogP contribution is 2.27. The first kappa shape index (κ1) is 22.0. The van der Waals surface area contributed by atoms with Gasteiger partial charge >= 0.3 is 0 Å². The number of nitrogens with zero attached hydrogens (tertiary/aromatic N) is 2. The van der Waals surface area contributed by atoms with Crippen LogP contribution in [-0.4, -0.2) is 55.8 Å². The van der Waals surface area contributed by atoms with E-state index in [-0.39, 0.29) is 22.9 Å². The molecule has 0 aliphatic carbocycles. The van der Waals surface area contributed by atoms with Crippen LogP contribution >= 0.6 is 0 Å². The first-order chi connectivity index (χ1) is 15.0. The largest absolute Gasteiger partial charge is 0.468 e. The summed E-state index contributed by atoms with van der Waals surface area (Å²) in [5.41, 5.74) is 0.352. The third-order valence-corrected chi connectivity index (χ3v) is 8.36. The normalized spacial score (nSPS) is 21.8. The average molecular weight is 446 g/mol. The van der Waals surface area contributed by atoms with Crippen molar-refractivity contribution >= 4 is 15.9 Å². The number of carbonyl (C=O) groups is 1. The van der Waals surface area contributed by atoms with Gasteiger partial charge in [-0.15, -0.1) is 0 Å². The molecule has 31 heavy (non-hydrogen) atoms. The minimum absolute atomic E-state index is 0.0225. The van der Waals surface area contributed by atoms with Gasteiger partial charge in [-0.1, -0.05) is 12.5 Å². The fourth-order valence-electron chi connectivity index (χ4n) is 4.60. The van der Waals surface area contributed by atoms with Gasteiger partial charge in [-0.2, -0.15) is 4.31 Å². The number of sulfonamides is 1. The molecule has 1 amide bonds. The highest BCUT2D eigenvalue weighted by atomic mass is 32.2. The number of likely N-dealkylation sites (tertiary alicyclic amines) is 1. The second-order valence-corrected chi connectivity index (χ2v) is 10.4. The van der Waals surface area contributed by atoms with Gasteiger partial charge in [0.25, 0.3) is 5.91 Å². The van der Waals surface area contributed by atoms with Crippen molar-refractivity contribution in [1.82, 2.24) is 14.5 Å². The average Bonchev–Trinajstić information content (AvgIpc) is 3.49. The lowest BCUT2D eigenvalue weighted by Crippen LogP contribution is -2.42. The van der Waals surface area contributed by atoms with Crippen molar-refractivity contribution in [2.24, 2.45) is 0 Å². The maximum absolute atomic E-state index is 13.1. The van der Waals surface area contributed by atoms with Crippen LogP contribution in [0.3, 0.4) is 0 Å². The molecule has 8 heteroatoms. The number of amides is 1. The molecule has 4 rings (SSSR count). The number of benzene rings is 1. The highest BCUT2D eigenvalue weighted by molar-refractivity contribution is 7.89. The smallest absolute Gasteiger partial charge is 0.251 e. The number of furan rings is 1. The monoisotopic (exact) mass is 445 g/mol. The van der Waals surface area contributed by atoms with Gasteiger partial charge in [0, 0.05) is 24.7 Å². The van der Waals surface area contributed by atoms with Gasteiger partial charge in [0.2, 0.25) is 10.0 Å². The third-order valence-electron chi connectivity index (χ3n) is 6.35. The van der Waals surface area contributed by atoms with Crippen LogP contribution in [0.25, 0.3) is 0 Å². The number of hydrogen-bond acceptors (Lipinski definition) is 5. The molecular weight excluding hydrogens is 414 g/mol. The van der Waals surface area contributed by atoms with Crippen molar-refractivity contribution in [3.63, 3.8) is 0 Å². The fourth-order valence-corrected chi connectivity index (χ4v) is 6.34. The summed E-state index contributed by atoms with van der Waals surface area (Å²) in [5.74, 6) is 0.553. The summed E-state index contributed by atoms with van der Waals surface area (Å²) in [6.07, 6.45) is 6.71. The van der Waals surface area contributed by atoms with E-state index in [9.17, 15) is 13.2 Å². The maximum Gasteiger partial charge on any atom is 0.251 e. The van der Waals surface area contributed by atoms with Crippen LogP contribution in [0, 0.1) is 0 Å². The highest BCUT2D eigenvalue weighted by Gasteiger charge is 2.31. The summed E-state index contributed by atoms with van der Waals surface area (Å²) in [7, 11) is -3.62. The zero-order valence-corrected chi connectivity index (χ0v) is 18.8. The summed E-state index contributed by atoms with van der Waals surface area (Å²) in [6, 6.07) is 10.1. The Kier molecular flexibility index (Phi) is 6.79. The zero-order valence-electron chi connectivity index (χ0n) is 18.0. The lowest BCUT2D eigenvalue weighted by atomic mass is 10.1. The Morgan fingerprint density at radius 2 is 1.90 bits per heavy atom. The molecule has 2 aliphatic rings. The molecule has 2 fully saturated rings.